The fourth-order valence-corrected chi connectivity index (χ4v) is 6.17. The van der Waals surface area contributed by atoms with Gasteiger partial charge < -0.3 is 15.1 Å². The number of aryl methyl sites for hydroxylation is 1. The number of piperidine rings is 1. The van der Waals surface area contributed by atoms with Crippen LogP contribution in [0.1, 0.15) is 87.0 Å². The number of nitrogens with one attached hydrogen (secondary N) is 1. The molecular formula is C32H46F3N5O2. The van der Waals surface area contributed by atoms with Crippen LogP contribution in [-0.4, -0.2) is 64.7 Å². The minimum atomic E-state index is -4.61. The number of nitrogens with zero attached hydrogens (tertiary/aromatic N) is 4. The molecule has 1 amide bonds. The molecule has 0 bridgehead atoms. The van der Waals surface area contributed by atoms with Crippen LogP contribution >= 0.6 is 0 Å². The topological polar surface area (TPSA) is 78.4 Å². The number of halogens is 3. The Hall–Kier alpha value is -3.01. The second kappa shape index (κ2) is 14.0. The zero-order chi connectivity index (χ0) is 29.9. The fraction of sp³-hybridized carbons (Fsp3) is 0.625. The van der Waals surface area contributed by atoms with E-state index in [0.717, 1.165) is 44.1 Å². The van der Waals surface area contributed by atoms with E-state index < -0.39 is 11.7 Å². The third-order valence-electron chi connectivity index (χ3n) is 8.59. The molecule has 1 aromatic carbocycles. The van der Waals surface area contributed by atoms with Crippen molar-refractivity contribution in [3.63, 3.8) is 0 Å². The smallest absolute Gasteiger partial charge is 0.339 e. The summed E-state index contributed by atoms with van der Waals surface area (Å²) < 4.78 is 41.8. The lowest BCUT2D eigenvalue weighted by Gasteiger charge is -2.35. The number of carbonyl (C=O) groups is 2. The van der Waals surface area contributed by atoms with Gasteiger partial charge in [0.15, 0.2) is 0 Å². The quantitative estimate of drug-likeness (QED) is 0.342. The van der Waals surface area contributed by atoms with Crippen LogP contribution in [-0.2, 0) is 17.4 Å². The molecule has 232 valence electrons. The maximum atomic E-state index is 13.9. The van der Waals surface area contributed by atoms with Gasteiger partial charge in [-0.25, -0.2) is 9.97 Å². The number of hydrogen-bond acceptors (Lipinski definition) is 6. The highest BCUT2D eigenvalue weighted by Crippen LogP contribution is 2.39. The summed E-state index contributed by atoms with van der Waals surface area (Å²) in [5, 5.41) is 3.02. The summed E-state index contributed by atoms with van der Waals surface area (Å²) in [6.07, 6.45) is 0.761. The molecule has 1 N–H and O–H groups in total. The molecule has 0 unspecified atom stereocenters. The molecule has 4 rings (SSSR count). The summed E-state index contributed by atoms with van der Waals surface area (Å²) in [5.41, 5.74) is 0.889. The molecule has 2 aliphatic rings. The minimum Gasteiger partial charge on any atom is -0.339 e. The lowest BCUT2D eigenvalue weighted by Crippen LogP contribution is -2.44. The largest absolute Gasteiger partial charge is 0.419 e. The predicted octanol–water partition coefficient (Wildman–Crippen LogP) is 6.92. The lowest BCUT2D eigenvalue weighted by molar-refractivity contribution is -0.138. The molecule has 1 saturated carbocycles. The van der Waals surface area contributed by atoms with Crippen molar-refractivity contribution in [3.8, 4) is 0 Å². The van der Waals surface area contributed by atoms with E-state index in [-0.39, 0.29) is 61.0 Å². The highest BCUT2D eigenvalue weighted by molar-refractivity contribution is 5.96. The van der Waals surface area contributed by atoms with Crippen molar-refractivity contribution >= 4 is 23.3 Å². The second-order valence-corrected chi connectivity index (χ2v) is 12.2. The Labute approximate surface area is 248 Å². The van der Waals surface area contributed by atoms with Gasteiger partial charge in [0.2, 0.25) is 5.95 Å². The van der Waals surface area contributed by atoms with Gasteiger partial charge in [-0.05, 0) is 88.7 Å². The molecule has 42 heavy (non-hydrogen) atoms. The van der Waals surface area contributed by atoms with Crippen LogP contribution in [0.5, 0.6) is 0 Å². The monoisotopic (exact) mass is 589 g/mol. The van der Waals surface area contributed by atoms with E-state index in [9.17, 15) is 22.8 Å². The molecule has 1 saturated heterocycles. The van der Waals surface area contributed by atoms with Crippen molar-refractivity contribution in [1.82, 2.24) is 19.8 Å². The summed E-state index contributed by atoms with van der Waals surface area (Å²) in [6.45, 7) is 7.68. The third-order valence-corrected chi connectivity index (χ3v) is 8.59. The van der Waals surface area contributed by atoms with Crippen molar-refractivity contribution < 1.29 is 22.8 Å². The molecule has 1 aliphatic carbocycles. The molecule has 2 atom stereocenters. The van der Waals surface area contributed by atoms with E-state index in [1.165, 1.54) is 0 Å². The number of rotatable bonds is 9. The highest BCUT2D eigenvalue weighted by atomic mass is 19.4. The first kappa shape index (κ1) is 33.5. The Balaban J connectivity index is 0.00000484. The first-order valence-electron chi connectivity index (χ1n) is 14.6. The Morgan fingerprint density at radius 2 is 1.83 bits per heavy atom. The summed E-state index contributed by atoms with van der Waals surface area (Å²) in [6, 6.07) is 5.44. The van der Waals surface area contributed by atoms with Gasteiger partial charge in [-0.2, -0.15) is 13.2 Å². The highest BCUT2D eigenvalue weighted by Gasteiger charge is 2.39. The van der Waals surface area contributed by atoms with Crippen LogP contribution < -0.4 is 5.32 Å². The molecule has 2 aromatic rings. The molecular weight excluding hydrogens is 543 g/mol. The zero-order valence-corrected chi connectivity index (χ0v) is 24.7. The number of likely N-dealkylation sites (tertiary alicyclic amines) is 1. The van der Waals surface area contributed by atoms with Gasteiger partial charge >= 0.3 is 6.18 Å². The number of benzene rings is 1. The van der Waals surface area contributed by atoms with Gasteiger partial charge in [0.25, 0.3) is 5.91 Å². The fourth-order valence-electron chi connectivity index (χ4n) is 6.17. The second-order valence-electron chi connectivity index (χ2n) is 12.2. The summed E-state index contributed by atoms with van der Waals surface area (Å²) in [4.78, 5) is 38.6. The van der Waals surface area contributed by atoms with E-state index in [4.69, 9.17) is 0 Å². The number of hydrogen-bond donors (Lipinski definition) is 1. The van der Waals surface area contributed by atoms with Gasteiger partial charge in [0, 0.05) is 42.9 Å². The summed E-state index contributed by atoms with van der Waals surface area (Å²) in [5.74, 6) is -0.138. The lowest BCUT2D eigenvalue weighted by atomic mass is 9.84. The number of anilines is 2. The van der Waals surface area contributed by atoms with E-state index in [0.29, 0.717) is 30.5 Å². The van der Waals surface area contributed by atoms with Crippen molar-refractivity contribution in [2.24, 2.45) is 17.8 Å². The standard InChI is InChI=1S/C31H42F3N5O2.CH4/c1-19(2)15-28(40)24-8-6-7-21(24)16-27-26(31(32,33)34)18-35-30(37-27)36-22-10-9-20(3)25(17-22)29(41)39(5)23-11-13-38(4)14-12-23;/h9-10,17-19,21,23-24H,6-8,11-16H2,1-5H3,(H,35,36,37);1H4/t21-,24-;/m0./s1. The first-order chi connectivity index (χ1) is 19.3. The SMILES string of the molecule is C.Cc1ccc(Nc2ncc(C(F)(F)F)c(C[C@@H]3CCC[C@@H]3C(=O)CC(C)C)n2)cc1C(=O)N(C)C1CCN(C)CC1. The van der Waals surface area contributed by atoms with E-state index in [2.05, 4.69) is 27.2 Å². The molecule has 0 radical (unpaired) electrons. The van der Waals surface area contributed by atoms with Crippen molar-refractivity contribution in [2.45, 2.75) is 85.4 Å². The molecule has 1 aliphatic heterocycles. The molecule has 7 nitrogen and oxygen atoms in total. The first-order valence-corrected chi connectivity index (χ1v) is 14.6. The minimum absolute atomic E-state index is 0. The molecule has 1 aromatic heterocycles. The zero-order valence-electron chi connectivity index (χ0n) is 24.7. The average molecular weight is 590 g/mol. The van der Waals surface area contributed by atoms with Gasteiger partial charge in [-0.3, -0.25) is 9.59 Å². The Morgan fingerprint density at radius 1 is 1.14 bits per heavy atom. The van der Waals surface area contributed by atoms with Gasteiger partial charge in [0.1, 0.15) is 5.78 Å². The Morgan fingerprint density at radius 3 is 2.48 bits per heavy atom. The van der Waals surface area contributed by atoms with Crippen LogP contribution in [0.15, 0.2) is 24.4 Å². The summed E-state index contributed by atoms with van der Waals surface area (Å²) in [7, 11) is 3.90. The molecule has 2 heterocycles. The van der Waals surface area contributed by atoms with E-state index in [1.54, 1.807) is 17.0 Å². The molecule has 0 spiro atoms. The number of ketones is 1. The van der Waals surface area contributed by atoms with Gasteiger partial charge in [-0.1, -0.05) is 33.8 Å². The number of alkyl halides is 3. The number of carbonyl (C=O) groups excluding carboxylic acids is 2. The molecule has 2 fully saturated rings. The van der Waals surface area contributed by atoms with Crippen molar-refractivity contribution in [2.75, 3.05) is 32.5 Å². The van der Waals surface area contributed by atoms with Crippen LogP contribution in [0, 0.1) is 24.7 Å². The normalized spacial score (nSPS) is 19.9. The predicted molar refractivity (Wildman–Crippen MR) is 160 cm³/mol. The maximum Gasteiger partial charge on any atom is 0.419 e. The number of amides is 1. The van der Waals surface area contributed by atoms with Gasteiger partial charge in [0.05, 0.1) is 11.3 Å². The van der Waals surface area contributed by atoms with Crippen LogP contribution in [0.2, 0.25) is 0 Å². The van der Waals surface area contributed by atoms with Crippen molar-refractivity contribution in [3.05, 3.63) is 46.8 Å². The van der Waals surface area contributed by atoms with E-state index in [1.807, 2.05) is 33.9 Å². The summed E-state index contributed by atoms with van der Waals surface area (Å²) >= 11 is 0. The third kappa shape index (κ3) is 8.08. The van der Waals surface area contributed by atoms with Crippen LogP contribution in [0.4, 0.5) is 24.8 Å². The Bertz CT molecular complexity index is 1240. The average Bonchev–Trinajstić information content (AvgIpc) is 3.37. The maximum absolute atomic E-state index is 13.9. The van der Waals surface area contributed by atoms with Gasteiger partial charge in [-0.15, -0.1) is 0 Å². The van der Waals surface area contributed by atoms with Crippen LogP contribution in [0.3, 0.4) is 0 Å². The Kier molecular flexibility index (Phi) is 11.1. The number of Topliss-reactive ketones (excluding diaryl/α,β-unsaturated/α-hetero) is 1. The van der Waals surface area contributed by atoms with Crippen LogP contribution in [0.25, 0.3) is 0 Å². The van der Waals surface area contributed by atoms with Crippen molar-refractivity contribution in [1.29, 1.82) is 0 Å². The number of aromatic nitrogens is 2. The molecule has 10 heteroatoms. The van der Waals surface area contributed by atoms with E-state index >= 15 is 0 Å².